The minimum absolute atomic E-state index is 0.126. The first-order valence-electron chi connectivity index (χ1n) is 9.71. The third-order valence-corrected chi connectivity index (χ3v) is 4.30. The summed E-state index contributed by atoms with van der Waals surface area (Å²) in [6.07, 6.45) is 2.20. The van der Waals surface area contributed by atoms with Crippen molar-refractivity contribution in [2.24, 2.45) is 11.8 Å². The van der Waals surface area contributed by atoms with Crippen molar-refractivity contribution in [1.29, 1.82) is 0 Å². The molecule has 0 saturated heterocycles. The zero-order valence-electron chi connectivity index (χ0n) is 17.9. The monoisotopic (exact) mass is 391 g/mol. The largest absolute Gasteiger partial charge is 0.458 e. The van der Waals surface area contributed by atoms with E-state index in [2.05, 4.69) is 15.6 Å². The number of carbonyl (C=O) groups excluding carboxylic acids is 3. The van der Waals surface area contributed by atoms with Crippen LogP contribution in [0.3, 0.4) is 0 Å². The molecular weight excluding hydrogens is 358 g/mol. The van der Waals surface area contributed by atoms with E-state index < -0.39 is 35.5 Å². The van der Waals surface area contributed by atoms with Crippen molar-refractivity contribution in [3.8, 4) is 0 Å². The Morgan fingerprint density at radius 3 is 2.18 bits per heavy atom. The van der Waals surface area contributed by atoms with E-state index in [4.69, 9.17) is 4.74 Å². The molecule has 0 saturated carbocycles. The van der Waals surface area contributed by atoms with Crippen molar-refractivity contribution in [3.63, 3.8) is 0 Å². The van der Waals surface area contributed by atoms with E-state index in [9.17, 15) is 14.4 Å². The van der Waals surface area contributed by atoms with Gasteiger partial charge in [-0.05, 0) is 44.7 Å². The zero-order chi connectivity index (χ0) is 21.5. The molecule has 0 aliphatic rings. The number of esters is 1. The quantitative estimate of drug-likeness (QED) is 0.664. The van der Waals surface area contributed by atoms with Gasteiger partial charge in [0, 0.05) is 6.20 Å². The maximum absolute atomic E-state index is 12.9. The Labute approximate surface area is 167 Å². The summed E-state index contributed by atoms with van der Waals surface area (Å²) in [4.78, 5) is 41.9. The van der Waals surface area contributed by atoms with Crippen LogP contribution in [0.2, 0.25) is 0 Å². The van der Waals surface area contributed by atoms with Crippen LogP contribution in [-0.4, -0.2) is 40.5 Å². The highest BCUT2D eigenvalue weighted by molar-refractivity contribution is 5.97. The molecule has 0 bridgehead atoms. The number of rotatable bonds is 8. The van der Waals surface area contributed by atoms with Gasteiger partial charge in [0.15, 0.2) is 0 Å². The van der Waals surface area contributed by atoms with Crippen LogP contribution in [0.4, 0.5) is 0 Å². The Balaban J connectivity index is 2.96. The second kappa shape index (κ2) is 10.2. The fourth-order valence-electron chi connectivity index (χ4n) is 2.52. The summed E-state index contributed by atoms with van der Waals surface area (Å²) in [5.41, 5.74) is -0.422. The number of nitrogens with zero attached hydrogens (tertiary/aromatic N) is 1. The second-order valence-corrected chi connectivity index (χ2v) is 8.32. The molecule has 1 aromatic heterocycles. The molecule has 1 heterocycles. The summed E-state index contributed by atoms with van der Waals surface area (Å²) >= 11 is 0. The van der Waals surface area contributed by atoms with E-state index in [0.717, 1.165) is 0 Å². The highest BCUT2D eigenvalue weighted by atomic mass is 16.6. The Hall–Kier alpha value is -2.44. The van der Waals surface area contributed by atoms with Gasteiger partial charge in [0.2, 0.25) is 5.91 Å². The fourth-order valence-corrected chi connectivity index (χ4v) is 2.52. The molecule has 0 aromatic carbocycles. The van der Waals surface area contributed by atoms with Gasteiger partial charge in [-0.25, -0.2) is 4.79 Å². The Morgan fingerprint density at radius 1 is 1.07 bits per heavy atom. The summed E-state index contributed by atoms with van der Waals surface area (Å²) in [6.45, 7) is 12.8. The number of pyridine rings is 1. The van der Waals surface area contributed by atoms with Crippen molar-refractivity contribution in [1.82, 2.24) is 15.6 Å². The van der Waals surface area contributed by atoms with E-state index in [1.54, 1.807) is 39.0 Å². The minimum atomic E-state index is -0.801. The molecule has 0 aliphatic carbocycles. The fraction of sp³-hybridized carbons (Fsp3) is 0.619. The topological polar surface area (TPSA) is 97.4 Å². The second-order valence-electron chi connectivity index (χ2n) is 8.32. The highest BCUT2D eigenvalue weighted by Gasteiger charge is 2.33. The van der Waals surface area contributed by atoms with Gasteiger partial charge >= 0.3 is 5.97 Å². The molecule has 0 spiro atoms. The van der Waals surface area contributed by atoms with Gasteiger partial charge in [-0.3, -0.25) is 14.6 Å². The standard InChI is InChI=1S/C21H33N3O4/c1-8-14(4)17(24-18(25)15-11-9-10-12-22-15)19(26)23-16(13(2)3)20(27)28-21(5,6)7/h9-14,16-17H,8H2,1-7H3,(H,23,26)(H,24,25)/t14-,16-,17-/m0/s1. The molecule has 156 valence electrons. The first kappa shape index (κ1) is 23.6. The van der Waals surface area contributed by atoms with Crippen LogP contribution in [0, 0.1) is 11.8 Å². The van der Waals surface area contributed by atoms with Crippen LogP contribution in [0.15, 0.2) is 24.4 Å². The minimum Gasteiger partial charge on any atom is -0.458 e. The molecule has 2 amide bonds. The van der Waals surface area contributed by atoms with Gasteiger partial charge in [0.1, 0.15) is 23.4 Å². The maximum atomic E-state index is 12.9. The van der Waals surface area contributed by atoms with Gasteiger partial charge in [0.25, 0.3) is 5.91 Å². The Bertz CT molecular complexity index is 668. The first-order chi connectivity index (χ1) is 13.0. The summed E-state index contributed by atoms with van der Waals surface area (Å²) in [6, 6.07) is 3.41. The van der Waals surface area contributed by atoms with Gasteiger partial charge < -0.3 is 15.4 Å². The lowest BCUT2D eigenvalue weighted by Crippen LogP contribution is -2.56. The molecule has 0 radical (unpaired) electrons. The summed E-state index contributed by atoms with van der Waals surface area (Å²) in [5.74, 6) is -1.63. The molecule has 2 N–H and O–H groups in total. The van der Waals surface area contributed by atoms with Crippen molar-refractivity contribution in [2.75, 3.05) is 0 Å². The Kier molecular flexibility index (Phi) is 8.60. The molecule has 7 heteroatoms. The number of aromatic nitrogens is 1. The molecular formula is C21H33N3O4. The number of hydrogen-bond donors (Lipinski definition) is 2. The average molecular weight is 392 g/mol. The van der Waals surface area contributed by atoms with Gasteiger partial charge in [-0.15, -0.1) is 0 Å². The molecule has 0 fully saturated rings. The summed E-state index contributed by atoms with van der Waals surface area (Å²) < 4.78 is 5.43. The predicted molar refractivity (Wildman–Crippen MR) is 108 cm³/mol. The smallest absolute Gasteiger partial charge is 0.329 e. The third kappa shape index (κ3) is 7.29. The highest BCUT2D eigenvalue weighted by Crippen LogP contribution is 2.14. The lowest BCUT2D eigenvalue weighted by atomic mass is 9.96. The maximum Gasteiger partial charge on any atom is 0.329 e. The number of nitrogens with one attached hydrogen (secondary N) is 2. The van der Waals surface area contributed by atoms with Gasteiger partial charge in [-0.2, -0.15) is 0 Å². The van der Waals surface area contributed by atoms with E-state index in [-0.39, 0.29) is 17.5 Å². The SMILES string of the molecule is CC[C@H](C)[C@H](NC(=O)c1ccccn1)C(=O)N[C@H](C(=O)OC(C)(C)C)C(C)C. The molecule has 1 aromatic rings. The van der Waals surface area contributed by atoms with Gasteiger partial charge in [0.05, 0.1) is 0 Å². The molecule has 1 rings (SSSR count). The molecule has 0 unspecified atom stereocenters. The average Bonchev–Trinajstić information content (AvgIpc) is 2.61. The predicted octanol–water partition coefficient (Wildman–Crippen LogP) is 2.71. The van der Waals surface area contributed by atoms with Crippen LogP contribution in [-0.2, 0) is 14.3 Å². The third-order valence-electron chi connectivity index (χ3n) is 4.30. The first-order valence-corrected chi connectivity index (χ1v) is 9.71. The zero-order valence-corrected chi connectivity index (χ0v) is 17.9. The molecule has 3 atom stereocenters. The lowest BCUT2D eigenvalue weighted by Gasteiger charge is -2.29. The van der Waals surface area contributed by atoms with Crippen LogP contribution >= 0.6 is 0 Å². The molecule has 0 aliphatic heterocycles. The summed E-state index contributed by atoms with van der Waals surface area (Å²) in [5, 5.41) is 5.51. The number of carbonyl (C=O) groups is 3. The van der Waals surface area contributed by atoms with Crippen LogP contribution in [0.25, 0.3) is 0 Å². The van der Waals surface area contributed by atoms with E-state index in [0.29, 0.717) is 6.42 Å². The van der Waals surface area contributed by atoms with E-state index in [1.807, 2.05) is 27.7 Å². The van der Waals surface area contributed by atoms with Crippen LogP contribution in [0.1, 0.15) is 65.4 Å². The molecule has 28 heavy (non-hydrogen) atoms. The van der Waals surface area contributed by atoms with Crippen molar-refractivity contribution >= 4 is 17.8 Å². The number of hydrogen-bond acceptors (Lipinski definition) is 5. The van der Waals surface area contributed by atoms with Crippen LogP contribution in [0.5, 0.6) is 0 Å². The van der Waals surface area contributed by atoms with E-state index >= 15 is 0 Å². The Morgan fingerprint density at radius 2 is 1.71 bits per heavy atom. The van der Waals surface area contributed by atoms with Crippen molar-refractivity contribution < 1.29 is 19.1 Å². The van der Waals surface area contributed by atoms with Gasteiger partial charge in [-0.1, -0.05) is 40.2 Å². The molecule has 7 nitrogen and oxygen atoms in total. The lowest BCUT2D eigenvalue weighted by molar-refractivity contribution is -0.160. The number of ether oxygens (including phenoxy) is 1. The summed E-state index contributed by atoms with van der Waals surface area (Å²) in [7, 11) is 0. The normalized spacial score (nSPS) is 14.7. The van der Waals surface area contributed by atoms with Crippen LogP contribution < -0.4 is 10.6 Å². The van der Waals surface area contributed by atoms with Crippen molar-refractivity contribution in [3.05, 3.63) is 30.1 Å². The van der Waals surface area contributed by atoms with E-state index in [1.165, 1.54) is 6.20 Å². The number of amides is 2. The van der Waals surface area contributed by atoms with Crippen molar-refractivity contribution in [2.45, 2.75) is 72.6 Å².